The van der Waals surface area contributed by atoms with Gasteiger partial charge in [0.2, 0.25) is 0 Å². The minimum atomic E-state index is -1.17. The summed E-state index contributed by atoms with van der Waals surface area (Å²) in [6.07, 6.45) is 0. The molecule has 0 bridgehead atoms. The SMILES string of the molecule is COc1ccc(C)cc1NC(=O)COC(=O)c1ccc(F)c(F)c1. The summed E-state index contributed by atoms with van der Waals surface area (Å²) in [4.78, 5) is 23.6. The molecule has 0 unspecified atom stereocenters. The molecule has 0 heterocycles. The molecule has 2 rings (SSSR count). The Hall–Kier alpha value is -2.96. The average molecular weight is 335 g/mol. The summed E-state index contributed by atoms with van der Waals surface area (Å²) in [5.41, 5.74) is 1.16. The van der Waals surface area contributed by atoms with Crippen LogP contribution < -0.4 is 10.1 Å². The Morgan fingerprint density at radius 3 is 2.50 bits per heavy atom. The van der Waals surface area contributed by atoms with Crippen LogP contribution in [-0.4, -0.2) is 25.6 Å². The predicted octanol–water partition coefficient (Wildman–Crippen LogP) is 3.08. The standard InChI is InChI=1S/C17H15F2NO4/c1-10-3-6-15(23-2)14(7-10)20-16(21)9-24-17(22)11-4-5-12(18)13(19)8-11/h3-8H,9H2,1-2H3,(H,20,21). The fourth-order valence-corrected chi connectivity index (χ4v) is 1.94. The van der Waals surface area contributed by atoms with Gasteiger partial charge in [0.25, 0.3) is 5.91 Å². The zero-order valence-corrected chi connectivity index (χ0v) is 13.1. The van der Waals surface area contributed by atoms with Gasteiger partial charge in [-0.15, -0.1) is 0 Å². The number of anilines is 1. The van der Waals surface area contributed by atoms with E-state index < -0.39 is 30.1 Å². The van der Waals surface area contributed by atoms with Crippen LogP contribution in [0.4, 0.5) is 14.5 Å². The molecule has 24 heavy (non-hydrogen) atoms. The van der Waals surface area contributed by atoms with Crippen LogP contribution in [0, 0.1) is 18.6 Å². The van der Waals surface area contributed by atoms with Crippen LogP contribution in [0.1, 0.15) is 15.9 Å². The topological polar surface area (TPSA) is 64.6 Å². The lowest BCUT2D eigenvalue weighted by molar-refractivity contribution is -0.119. The Balaban J connectivity index is 1.97. The fraction of sp³-hybridized carbons (Fsp3) is 0.176. The van der Waals surface area contributed by atoms with Gasteiger partial charge in [-0.1, -0.05) is 6.07 Å². The van der Waals surface area contributed by atoms with Gasteiger partial charge in [-0.3, -0.25) is 4.79 Å². The Labute approximate surface area is 137 Å². The molecule has 0 fully saturated rings. The van der Waals surface area contributed by atoms with Crippen molar-refractivity contribution in [2.45, 2.75) is 6.92 Å². The Morgan fingerprint density at radius 1 is 1.08 bits per heavy atom. The highest BCUT2D eigenvalue weighted by Crippen LogP contribution is 2.25. The number of ether oxygens (including phenoxy) is 2. The second-order valence-electron chi connectivity index (χ2n) is 4.96. The molecule has 126 valence electrons. The van der Waals surface area contributed by atoms with Crippen molar-refractivity contribution < 1.29 is 27.8 Å². The van der Waals surface area contributed by atoms with Gasteiger partial charge in [0.05, 0.1) is 18.4 Å². The smallest absolute Gasteiger partial charge is 0.338 e. The number of esters is 1. The molecule has 1 N–H and O–H groups in total. The number of hydrogen-bond acceptors (Lipinski definition) is 4. The number of methoxy groups -OCH3 is 1. The van der Waals surface area contributed by atoms with Gasteiger partial charge in [-0.05, 0) is 42.8 Å². The normalized spacial score (nSPS) is 10.2. The first kappa shape index (κ1) is 17.4. The van der Waals surface area contributed by atoms with Crippen molar-refractivity contribution in [1.29, 1.82) is 0 Å². The molecule has 0 atom stereocenters. The summed E-state index contributed by atoms with van der Waals surface area (Å²) in [6.45, 7) is 1.27. The van der Waals surface area contributed by atoms with Crippen molar-refractivity contribution >= 4 is 17.6 Å². The molecule has 2 aromatic carbocycles. The number of hydrogen-bond donors (Lipinski definition) is 1. The highest BCUT2D eigenvalue weighted by molar-refractivity contribution is 5.96. The summed E-state index contributed by atoms with van der Waals surface area (Å²) in [5.74, 6) is -3.30. The van der Waals surface area contributed by atoms with Gasteiger partial charge in [0.15, 0.2) is 18.2 Å². The molecule has 0 radical (unpaired) electrons. The molecule has 2 aromatic rings. The minimum Gasteiger partial charge on any atom is -0.495 e. The molecule has 0 saturated heterocycles. The number of carbonyl (C=O) groups excluding carboxylic acids is 2. The maximum Gasteiger partial charge on any atom is 0.338 e. The molecule has 1 amide bonds. The lowest BCUT2D eigenvalue weighted by atomic mass is 10.2. The van der Waals surface area contributed by atoms with Gasteiger partial charge in [-0.2, -0.15) is 0 Å². The molecule has 0 aromatic heterocycles. The number of nitrogens with one attached hydrogen (secondary N) is 1. The molecular weight excluding hydrogens is 320 g/mol. The first-order chi connectivity index (χ1) is 11.4. The monoisotopic (exact) mass is 335 g/mol. The molecular formula is C17H15F2NO4. The van der Waals surface area contributed by atoms with Crippen LogP contribution in [0.5, 0.6) is 5.75 Å². The number of carbonyl (C=O) groups is 2. The second-order valence-corrected chi connectivity index (χ2v) is 4.96. The van der Waals surface area contributed by atoms with Crippen LogP contribution in [0.15, 0.2) is 36.4 Å². The number of rotatable bonds is 5. The number of benzene rings is 2. The quantitative estimate of drug-likeness (QED) is 0.853. The van der Waals surface area contributed by atoms with Crippen molar-refractivity contribution in [1.82, 2.24) is 0 Å². The maximum absolute atomic E-state index is 13.1. The summed E-state index contributed by atoms with van der Waals surface area (Å²) < 4.78 is 35.8. The molecule has 0 spiro atoms. The van der Waals surface area contributed by atoms with Crippen molar-refractivity contribution in [3.63, 3.8) is 0 Å². The van der Waals surface area contributed by atoms with Gasteiger partial charge in [-0.25, -0.2) is 13.6 Å². The van der Waals surface area contributed by atoms with Crippen molar-refractivity contribution in [2.75, 3.05) is 19.0 Å². The van der Waals surface area contributed by atoms with E-state index in [9.17, 15) is 18.4 Å². The average Bonchev–Trinajstić information content (AvgIpc) is 2.55. The largest absolute Gasteiger partial charge is 0.495 e. The minimum absolute atomic E-state index is 0.185. The van der Waals surface area contributed by atoms with E-state index in [0.29, 0.717) is 17.5 Å². The summed E-state index contributed by atoms with van der Waals surface area (Å²) in [6, 6.07) is 7.80. The summed E-state index contributed by atoms with van der Waals surface area (Å²) >= 11 is 0. The lowest BCUT2D eigenvalue weighted by Gasteiger charge is -2.11. The fourth-order valence-electron chi connectivity index (χ4n) is 1.94. The van der Waals surface area contributed by atoms with Crippen molar-refractivity contribution in [2.24, 2.45) is 0 Å². The Morgan fingerprint density at radius 2 is 1.83 bits per heavy atom. The van der Waals surface area contributed by atoms with E-state index in [4.69, 9.17) is 9.47 Å². The zero-order chi connectivity index (χ0) is 17.7. The van der Waals surface area contributed by atoms with E-state index in [1.54, 1.807) is 12.1 Å². The van der Waals surface area contributed by atoms with Crippen LogP contribution in [0.2, 0.25) is 0 Å². The zero-order valence-electron chi connectivity index (χ0n) is 13.1. The van der Waals surface area contributed by atoms with Crippen LogP contribution >= 0.6 is 0 Å². The Kier molecular flexibility index (Phi) is 5.47. The highest BCUT2D eigenvalue weighted by atomic mass is 19.2. The predicted molar refractivity (Wildman–Crippen MR) is 83.0 cm³/mol. The number of amides is 1. The van der Waals surface area contributed by atoms with E-state index in [0.717, 1.165) is 17.7 Å². The number of halogens is 2. The van der Waals surface area contributed by atoms with Gasteiger partial charge in [0.1, 0.15) is 5.75 Å². The van der Waals surface area contributed by atoms with Crippen LogP contribution in [0.25, 0.3) is 0 Å². The second kappa shape index (κ2) is 7.54. The lowest BCUT2D eigenvalue weighted by Crippen LogP contribution is -2.21. The maximum atomic E-state index is 13.1. The molecule has 5 nitrogen and oxygen atoms in total. The van der Waals surface area contributed by atoms with Gasteiger partial charge < -0.3 is 14.8 Å². The third kappa shape index (κ3) is 4.28. The molecule has 7 heteroatoms. The first-order valence-corrected chi connectivity index (χ1v) is 6.97. The van der Waals surface area contributed by atoms with Gasteiger partial charge in [0, 0.05) is 0 Å². The third-order valence-corrected chi connectivity index (χ3v) is 3.12. The van der Waals surface area contributed by atoms with E-state index >= 15 is 0 Å². The van der Waals surface area contributed by atoms with Crippen LogP contribution in [-0.2, 0) is 9.53 Å². The first-order valence-electron chi connectivity index (χ1n) is 6.97. The molecule has 0 aliphatic rings. The highest BCUT2D eigenvalue weighted by Gasteiger charge is 2.14. The number of aryl methyl sites for hydroxylation is 1. The van der Waals surface area contributed by atoms with Crippen molar-refractivity contribution in [3.05, 3.63) is 59.2 Å². The van der Waals surface area contributed by atoms with Gasteiger partial charge >= 0.3 is 5.97 Å². The van der Waals surface area contributed by atoms with E-state index in [-0.39, 0.29) is 5.56 Å². The summed E-state index contributed by atoms with van der Waals surface area (Å²) in [5, 5.41) is 2.55. The van der Waals surface area contributed by atoms with E-state index in [2.05, 4.69) is 5.32 Å². The van der Waals surface area contributed by atoms with E-state index in [1.807, 2.05) is 13.0 Å². The summed E-state index contributed by atoms with van der Waals surface area (Å²) in [7, 11) is 1.46. The van der Waals surface area contributed by atoms with Crippen molar-refractivity contribution in [3.8, 4) is 5.75 Å². The Bertz CT molecular complexity index is 777. The van der Waals surface area contributed by atoms with E-state index in [1.165, 1.54) is 7.11 Å². The molecule has 0 aliphatic carbocycles. The molecule has 0 aliphatic heterocycles. The third-order valence-electron chi connectivity index (χ3n) is 3.12. The van der Waals surface area contributed by atoms with Crippen LogP contribution in [0.3, 0.4) is 0 Å². The molecule has 0 saturated carbocycles.